The largest absolute Gasteiger partial charge is 0.0616 e. The summed E-state index contributed by atoms with van der Waals surface area (Å²) in [6.45, 7) is 4.30. The molecule has 9 aromatic carbocycles. The van der Waals surface area contributed by atoms with E-state index < -0.39 is 0 Å². The first kappa shape index (κ1) is 28.3. The quantitative estimate of drug-likeness (QED) is 0.174. The van der Waals surface area contributed by atoms with Gasteiger partial charge in [0.25, 0.3) is 0 Å². The SMILES string of the molecule is Cc1ccc(-c2ccc3c(-c4cccc5ccccc45)c4cc(-c5ccc(C)cc5)ccc4c(-c4cccc5ccccc45)c3c2)cc1. The fraction of sp³-hybridized carbons (Fsp3) is 0.0417. The molecular formula is C48H34. The van der Waals surface area contributed by atoms with Gasteiger partial charge in [-0.05, 0) is 114 Å². The van der Waals surface area contributed by atoms with Crippen molar-refractivity contribution in [2.24, 2.45) is 0 Å². The molecule has 0 amide bonds. The number of hydrogen-bond donors (Lipinski definition) is 0. The molecule has 0 bridgehead atoms. The van der Waals surface area contributed by atoms with Gasteiger partial charge in [0.2, 0.25) is 0 Å². The van der Waals surface area contributed by atoms with Crippen LogP contribution in [0.4, 0.5) is 0 Å². The van der Waals surface area contributed by atoms with Crippen LogP contribution >= 0.6 is 0 Å². The van der Waals surface area contributed by atoms with E-state index in [-0.39, 0.29) is 0 Å². The summed E-state index contributed by atoms with van der Waals surface area (Å²) in [7, 11) is 0. The highest BCUT2D eigenvalue weighted by Crippen LogP contribution is 2.48. The van der Waals surface area contributed by atoms with Gasteiger partial charge >= 0.3 is 0 Å². The van der Waals surface area contributed by atoms with Crippen LogP contribution in [0.25, 0.3) is 87.6 Å². The Balaban J connectivity index is 1.48. The third-order valence-corrected chi connectivity index (χ3v) is 10.0. The molecule has 0 saturated heterocycles. The number of benzene rings is 9. The van der Waals surface area contributed by atoms with E-state index in [1.54, 1.807) is 0 Å². The van der Waals surface area contributed by atoms with Crippen molar-refractivity contribution in [3.05, 3.63) is 181 Å². The fourth-order valence-corrected chi connectivity index (χ4v) is 7.55. The van der Waals surface area contributed by atoms with Crippen LogP contribution in [-0.2, 0) is 0 Å². The maximum atomic E-state index is 2.43. The molecule has 48 heavy (non-hydrogen) atoms. The van der Waals surface area contributed by atoms with Gasteiger partial charge in [0, 0.05) is 0 Å². The molecular weight excluding hydrogens is 577 g/mol. The monoisotopic (exact) mass is 610 g/mol. The van der Waals surface area contributed by atoms with Gasteiger partial charge in [0.15, 0.2) is 0 Å². The minimum atomic E-state index is 1.23. The molecule has 0 saturated carbocycles. The summed E-state index contributed by atoms with van der Waals surface area (Å²) in [6.07, 6.45) is 0. The van der Waals surface area contributed by atoms with Crippen molar-refractivity contribution in [1.29, 1.82) is 0 Å². The van der Waals surface area contributed by atoms with E-state index in [4.69, 9.17) is 0 Å². The molecule has 226 valence electrons. The van der Waals surface area contributed by atoms with E-state index in [1.165, 1.54) is 98.7 Å². The van der Waals surface area contributed by atoms with Crippen LogP contribution in [0.1, 0.15) is 11.1 Å². The lowest BCUT2D eigenvalue weighted by molar-refractivity contribution is 1.47. The minimum absolute atomic E-state index is 1.23. The van der Waals surface area contributed by atoms with Crippen LogP contribution in [0.5, 0.6) is 0 Å². The molecule has 0 heterocycles. The second-order valence-corrected chi connectivity index (χ2v) is 13.1. The Bertz CT molecular complexity index is 2460. The van der Waals surface area contributed by atoms with Gasteiger partial charge in [-0.15, -0.1) is 0 Å². The third-order valence-electron chi connectivity index (χ3n) is 10.0. The van der Waals surface area contributed by atoms with Gasteiger partial charge in [-0.1, -0.05) is 169 Å². The van der Waals surface area contributed by atoms with Crippen molar-refractivity contribution in [3.8, 4) is 44.5 Å². The van der Waals surface area contributed by atoms with E-state index in [0.29, 0.717) is 0 Å². The Labute approximate surface area is 281 Å². The maximum Gasteiger partial charge on any atom is -0.00199 e. The normalized spacial score (nSPS) is 11.5. The summed E-state index contributed by atoms with van der Waals surface area (Å²) in [5.74, 6) is 0. The zero-order valence-electron chi connectivity index (χ0n) is 27.2. The van der Waals surface area contributed by atoms with Gasteiger partial charge in [-0.3, -0.25) is 0 Å². The molecule has 0 aliphatic carbocycles. The summed E-state index contributed by atoms with van der Waals surface area (Å²) in [5.41, 5.74) is 12.5. The summed E-state index contributed by atoms with van der Waals surface area (Å²) in [5, 5.41) is 10.1. The smallest absolute Gasteiger partial charge is 0.00199 e. The van der Waals surface area contributed by atoms with Gasteiger partial charge in [0.05, 0.1) is 0 Å². The number of aryl methyl sites for hydroxylation is 2. The lowest BCUT2D eigenvalue weighted by atomic mass is 9.82. The molecule has 0 atom stereocenters. The first-order chi connectivity index (χ1) is 23.6. The molecule has 0 aliphatic rings. The lowest BCUT2D eigenvalue weighted by Crippen LogP contribution is -1.94. The molecule has 0 unspecified atom stereocenters. The summed E-state index contributed by atoms with van der Waals surface area (Å²) >= 11 is 0. The summed E-state index contributed by atoms with van der Waals surface area (Å²) in [4.78, 5) is 0. The van der Waals surface area contributed by atoms with Crippen molar-refractivity contribution in [2.45, 2.75) is 13.8 Å². The average molecular weight is 611 g/mol. The predicted molar refractivity (Wildman–Crippen MR) is 208 cm³/mol. The molecule has 9 aromatic rings. The second kappa shape index (κ2) is 11.4. The van der Waals surface area contributed by atoms with E-state index in [2.05, 4.69) is 184 Å². The Morgan fingerprint density at radius 1 is 0.271 bits per heavy atom. The number of hydrogen-bond acceptors (Lipinski definition) is 0. The minimum Gasteiger partial charge on any atom is -0.0616 e. The molecule has 0 fully saturated rings. The highest BCUT2D eigenvalue weighted by atomic mass is 14.2. The van der Waals surface area contributed by atoms with E-state index in [1.807, 2.05) is 0 Å². The van der Waals surface area contributed by atoms with Crippen LogP contribution in [0.3, 0.4) is 0 Å². The molecule has 0 aromatic heterocycles. The maximum absolute atomic E-state index is 2.43. The summed E-state index contributed by atoms with van der Waals surface area (Å²) < 4.78 is 0. The van der Waals surface area contributed by atoms with Crippen LogP contribution in [0.2, 0.25) is 0 Å². The van der Waals surface area contributed by atoms with Crippen molar-refractivity contribution in [3.63, 3.8) is 0 Å². The van der Waals surface area contributed by atoms with Crippen molar-refractivity contribution < 1.29 is 0 Å². The first-order valence-electron chi connectivity index (χ1n) is 16.8. The number of rotatable bonds is 4. The molecule has 0 spiro atoms. The number of fused-ring (bicyclic) bond motifs is 4. The Morgan fingerprint density at radius 2 is 0.646 bits per heavy atom. The van der Waals surface area contributed by atoms with Crippen molar-refractivity contribution in [1.82, 2.24) is 0 Å². The van der Waals surface area contributed by atoms with E-state index >= 15 is 0 Å². The standard InChI is InChI=1S/C48H34/c1-31-17-21-33(22-18-31)37-25-27-43-45(29-37)47(41-15-7-11-35-9-3-5-13-39(35)41)44-28-26-38(34-23-19-32(2)20-24-34)30-46(44)48(43)42-16-8-12-36-10-4-6-14-40(36)42/h3-30H,1-2H3. The molecule has 0 heteroatoms. The van der Waals surface area contributed by atoms with Crippen molar-refractivity contribution in [2.75, 3.05) is 0 Å². The van der Waals surface area contributed by atoms with Crippen LogP contribution < -0.4 is 0 Å². The zero-order chi connectivity index (χ0) is 32.2. The van der Waals surface area contributed by atoms with Gasteiger partial charge in [-0.25, -0.2) is 0 Å². The Morgan fingerprint density at radius 3 is 1.08 bits per heavy atom. The van der Waals surface area contributed by atoms with E-state index in [9.17, 15) is 0 Å². The molecule has 0 radical (unpaired) electrons. The molecule has 0 N–H and O–H groups in total. The zero-order valence-corrected chi connectivity index (χ0v) is 27.2. The van der Waals surface area contributed by atoms with E-state index in [0.717, 1.165) is 0 Å². The third kappa shape index (κ3) is 4.69. The summed E-state index contributed by atoms with van der Waals surface area (Å²) in [6, 6.07) is 63.1. The van der Waals surface area contributed by atoms with Gasteiger partial charge < -0.3 is 0 Å². The molecule has 9 rings (SSSR count). The predicted octanol–water partition coefficient (Wildman–Crippen LogP) is 13.6. The second-order valence-electron chi connectivity index (χ2n) is 13.1. The molecule has 0 aliphatic heterocycles. The molecule has 0 nitrogen and oxygen atoms in total. The van der Waals surface area contributed by atoms with Gasteiger partial charge in [0.1, 0.15) is 0 Å². The highest BCUT2D eigenvalue weighted by molar-refractivity contribution is 6.26. The van der Waals surface area contributed by atoms with Crippen LogP contribution in [0, 0.1) is 13.8 Å². The Hall–Kier alpha value is -5.98. The van der Waals surface area contributed by atoms with Crippen LogP contribution in [0.15, 0.2) is 170 Å². The fourth-order valence-electron chi connectivity index (χ4n) is 7.55. The Kier molecular flexibility index (Phi) is 6.69. The van der Waals surface area contributed by atoms with Crippen LogP contribution in [-0.4, -0.2) is 0 Å². The lowest BCUT2D eigenvalue weighted by Gasteiger charge is -2.21. The highest BCUT2D eigenvalue weighted by Gasteiger charge is 2.20. The topological polar surface area (TPSA) is 0 Å². The average Bonchev–Trinajstić information content (AvgIpc) is 3.14. The van der Waals surface area contributed by atoms with Gasteiger partial charge in [-0.2, -0.15) is 0 Å². The first-order valence-corrected chi connectivity index (χ1v) is 16.8. The van der Waals surface area contributed by atoms with Crippen molar-refractivity contribution >= 4 is 43.1 Å².